The smallest absolute Gasteiger partial charge is 0.183 e. The number of aromatic nitrogens is 3. The topological polar surface area (TPSA) is 67.0 Å². The van der Waals surface area contributed by atoms with E-state index in [0.29, 0.717) is 11.8 Å². The van der Waals surface area contributed by atoms with Gasteiger partial charge in [-0.1, -0.05) is 11.6 Å². The summed E-state index contributed by atoms with van der Waals surface area (Å²) in [5.74, 6) is 0.890. The van der Waals surface area contributed by atoms with Gasteiger partial charge in [-0.3, -0.25) is 0 Å². The van der Waals surface area contributed by atoms with Gasteiger partial charge in [-0.05, 0) is 49.9 Å². The fourth-order valence-electron chi connectivity index (χ4n) is 3.42. The van der Waals surface area contributed by atoms with E-state index in [4.69, 9.17) is 10.00 Å². The number of hydrogen-bond donors (Lipinski definition) is 0. The molecule has 2 aliphatic rings. The molecule has 0 radical (unpaired) electrons. The summed E-state index contributed by atoms with van der Waals surface area (Å²) in [5.41, 5.74) is 1.18. The molecule has 0 N–H and O–H groups in total. The molecule has 2 aromatic rings. The van der Waals surface area contributed by atoms with E-state index in [1.165, 1.54) is 19.3 Å². The molecule has 2 fully saturated rings. The summed E-state index contributed by atoms with van der Waals surface area (Å²) in [6, 6.07) is 10.6. The first kappa shape index (κ1) is 15.2. The maximum Gasteiger partial charge on any atom is 0.183 e. The van der Waals surface area contributed by atoms with Crippen LogP contribution in [0, 0.1) is 11.3 Å². The van der Waals surface area contributed by atoms with Crippen molar-refractivity contribution < 1.29 is 4.74 Å². The highest BCUT2D eigenvalue weighted by Gasteiger charge is 2.29. The van der Waals surface area contributed by atoms with Gasteiger partial charge in [0.25, 0.3) is 0 Å². The van der Waals surface area contributed by atoms with Crippen molar-refractivity contribution in [1.29, 1.82) is 5.26 Å². The van der Waals surface area contributed by atoms with Gasteiger partial charge in [-0.2, -0.15) is 5.26 Å². The van der Waals surface area contributed by atoms with Crippen molar-refractivity contribution in [2.45, 2.75) is 44.2 Å². The Morgan fingerprint density at radius 2 is 1.83 bits per heavy atom. The number of benzene rings is 1. The van der Waals surface area contributed by atoms with Gasteiger partial charge in [0, 0.05) is 19.1 Å². The van der Waals surface area contributed by atoms with Crippen LogP contribution in [-0.2, 0) is 0 Å². The molecular weight excluding hydrogens is 302 g/mol. The molecule has 6 heteroatoms. The van der Waals surface area contributed by atoms with Crippen LogP contribution in [0.3, 0.4) is 0 Å². The zero-order chi connectivity index (χ0) is 16.4. The van der Waals surface area contributed by atoms with Crippen LogP contribution in [0.2, 0.25) is 0 Å². The standard InChI is InChI=1S/C18H21N5O/c19-12-14-13-23(21-20-14)16-4-6-17(7-5-16)24-18-8-10-22(11-9-18)15-2-1-3-15/h4-7,13,15,18H,1-3,8-11H2. The van der Waals surface area contributed by atoms with Crippen molar-refractivity contribution in [3.8, 4) is 17.5 Å². The van der Waals surface area contributed by atoms with E-state index in [-0.39, 0.29) is 0 Å². The highest BCUT2D eigenvalue weighted by molar-refractivity contribution is 5.37. The third kappa shape index (κ3) is 3.13. The van der Waals surface area contributed by atoms with Gasteiger partial charge in [-0.25, -0.2) is 4.68 Å². The molecule has 0 atom stereocenters. The summed E-state index contributed by atoms with van der Waals surface area (Å²) in [6.45, 7) is 2.31. The van der Waals surface area contributed by atoms with Crippen molar-refractivity contribution in [1.82, 2.24) is 19.9 Å². The molecule has 24 heavy (non-hydrogen) atoms. The second kappa shape index (κ2) is 6.62. The summed E-state index contributed by atoms with van der Waals surface area (Å²) in [5, 5.41) is 16.5. The number of nitrogens with zero attached hydrogens (tertiary/aromatic N) is 5. The molecule has 0 unspecified atom stereocenters. The van der Waals surface area contributed by atoms with Crippen LogP contribution < -0.4 is 4.74 Å². The minimum Gasteiger partial charge on any atom is -0.490 e. The summed E-state index contributed by atoms with van der Waals surface area (Å²) < 4.78 is 7.72. The molecule has 4 rings (SSSR count). The van der Waals surface area contributed by atoms with E-state index >= 15 is 0 Å². The molecule has 1 aliphatic carbocycles. The maximum atomic E-state index is 8.81. The lowest BCUT2D eigenvalue weighted by Crippen LogP contribution is -2.46. The summed E-state index contributed by atoms with van der Waals surface area (Å²) in [7, 11) is 0. The quantitative estimate of drug-likeness (QED) is 0.865. The Balaban J connectivity index is 1.33. The van der Waals surface area contributed by atoms with Gasteiger partial charge >= 0.3 is 0 Å². The minimum absolute atomic E-state index is 0.309. The predicted molar refractivity (Wildman–Crippen MR) is 88.9 cm³/mol. The van der Waals surface area contributed by atoms with Crippen LogP contribution in [0.4, 0.5) is 0 Å². The molecule has 0 bridgehead atoms. The van der Waals surface area contributed by atoms with Crippen LogP contribution in [0.15, 0.2) is 30.5 Å². The van der Waals surface area contributed by atoms with Crippen molar-refractivity contribution in [2.75, 3.05) is 13.1 Å². The lowest BCUT2D eigenvalue weighted by atomic mass is 9.90. The Morgan fingerprint density at radius 1 is 1.08 bits per heavy atom. The molecule has 0 spiro atoms. The fraction of sp³-hybridized carbons (Fsp3) is 0.500. The molecule has 124 valence electrons. The Labute approximate surface area is 141 Å². The van der Waals surface area contributed by atoms with Crippen LogP contribution in [0.1, 0.15) is 37.8 Å². The summed E-state index contributed by atoms with van der Waals surface area (Å²) >= 11 is 0. The highest BCUT2D eigenvalue weighted by atomic mass is 16.5. The molecule has 1 aliphatic heterocycles. The SMILES string of the molecule is N#Cc1cn(-c2ccc(OC3CCN(C4CCC4)CC3)cc2)nn1. The van der Waals surface area contributed by atoms with E-state index in [9.17, 15) is 0 Å². The molecule has 1 saturated heterocycles. The number of nitriles is 1. The lowest BCUT2D eigenvalue weighted by molar-refractivity contribution is 0.0493. The third-order valence-electron chi connectivity index (χ3n) is 5.08. The van der Waals surface area contributed by atoms with Gasteiger partial charge in [0.2, 0.25) is 0 Å². The monoisotopic (exact) mass is 323 g/mol. The van der Waals surface area contributed by atoms with E-state index in [1.54, 1.807) is 10.9 Å². The normalized spacial score (nSPS) is 19.6. The molecule has 1 saturated carbocycles. The van der Waals surface area contributed by atoms with E-state index in [2.05, 4.69) is 15.2 Å². The number of likely N-dealkylation sites (tertiary alicyclic amines) is 1. The summed E-state index contributed by atoms with van der Waals surface area (Å²) in [6.07, 6.45) is 8.29. The van der Waals surface area contributed by atoms with Gasteiger partial charge in [0.15, 0.2) is 5.69 Å². The van der Waals surface area contributed by atoms with E-state index in [1.807, 2.05) is 30.3 Å². The first-order valence-corrected chi connectivity index (χ1v) is 8.65. The van der Waals surface area contributed by atoms with Crippen LogP contribution in [0.5, 0.6) is 5.75 Å². The maximum absolute atomic E-state index is 8.81. The van der Waals surface area contributed by atoms with E-state index < -0.39 is 0 Å². The molecule has 1 aromatic carbocycles. The van der Waals surface area contributed by atoms with Crippen molar-refractivity contribution in [2.24, 2.45) is 0 Å². The zero-order valence-corrected chi connectivity index (χ0v) is 13.6. The molecule has 1 aromatic heterocycles. The van der Waals surface area contributed by atoms with Crippen LogP contribution in [-0.4, -0.2) is 45.1 Å². The number of piperidine rings is 1. The van der Waals surface area contributed by atoms with Gasteiger partial charge in [0.1, 0.15) is 17.9 Å². The van der Waals surface area contributed by atoms with Crippen LogP contribution in [0.25, 0.3) is 5.69 Å². The number of ether oxygens (including phenoxy) is 1. The van der Waals surface area contributed by atoms with Gasteiger partial charge in [0.05, 0.1) is 11.9 Å². The molecular formula is C18H21N5O. The predicted octanol–water partition coefficient (Wildman–Crippen LogP) is 2.53. The lowest BCUT2D eigenvalue weighted by Gasteiger charge is -2.41. The molecule has 0 amide bonds. The Morgan fingerprint density at radius 3 is 2.42 bits per heavy atom. The first-order chi connectivity index (χ1) is 11.8. The average Bonchev–Trinajstić information content (AvgIpc) is 3.05. The Hall–Kier alpha value is -2.39. The molecule has 2 heterocycles. The molecule has 6 nitrogen and oxygen atoms in total. The largest absolute Gasteiger partial charge is 0.490 e. The Kier molecular flexibility index (Phi) is 4.18. The highest BCUT2D eigenvalue weighted by Crippen LogP contribution is 2.28. The Bertz CT molecular complexity index is 721. The summed E-state index contributed by atoms with van der Waals surface area (Å²) in [4.78, 5) is 2.63. The second-order valence-electron chi connectivity index (χ2n) is 6.59. The van der Waals surface area contributed by atoms with Gasteiger partial charge in [-0.15, -0.1) is 5.10 Å². The zero-order valence-electron chi connectivity index (χ0n) is 13.6. The van der Waals surface area contributed by atoms with Crippen molar-refractivity contribution >= 4 is 0 Å². The van der Waals surface area contributed by atoms with Gasteiger partial charge < -0.3 is 9.64 Å². The average molecular weight is 323 g/mol. The van der Waals surface area contributed by atoms with Crippen LogP contribution >= 0.6 is 0 Å². The number of hydrogen-bond acceptors (Lipinski definition) is 5. The first-order valence-electron chi connectivity index (χ1n) is 8.65. The minimum atomic E-state index is 0.309. The van der Waals surface area contributed by atoms with E-state index in [0.717, 1.165) is 43.4 Å². The second-order valence-corrected chi connectivity index (χ2v) is 6.59. The fourth-order valence-corrected chi connectivity index (χ4v) is 3.42. The van der Waals surface area contributed by atoms with Crippen molar-refractivity contribution in [3.05, 3.63) is 36.2 Å². The third-order valence-corrected chi connectivity index (χ3v) is 5.08. The number of rotatable bonds is 4. The van der Waals surface area contributed by atoms with Crippen molar-refractivity contribution in [3.63, 3.8) is 0 Å².